The minimum absolute atomic E-state index is 0.0218. The predicted molar refractivity (Wildman–Crippen MR) is 85.4 cm³/mol. The summed E-state index contributed by atoms with van der Waals surface area (Å²) in [7, 11) is 1.52. The molecule has 1 aliphatic carbocycles. The van der Waals surface area contributed by atoms with Gasteiger partial charge in [-0.05, 0) is 33.6 Å². The second-order valence-electron chi connectivity index (χ2n) is 6.48. The minimum atomic E-state index is -0.320. The van der Waals surface area contributed by atoms with E-state index in [-0.39, 0.29) is 23.3 Å². The first kappa shape index (κ1) is 15.0. The maximum Gasteiger partial charge on any atom is 0.332 e. The van der Waals surface area contributed by atoms with Crippen molar-refractivity contribution in [2.24, 2.45) is 12.8 Å². The molecule has 0 saturated heterocycles. The van der Waals surface area contributed by atoms with Gasteiger partial charge in [-0.3, -0.25) is 13.9 Å². The standard InChI is InChI=1S/C15H23N5O2/c1-8(2)19-13-11(14(21)18(4)15(19)22)20(9(3)7-16)12(17-13)10-5-6-10/h8-10H,5-7,16H2,1-4H3. The zero-order valence-corrected chi connectivity index (χ0v) is 13.5. The maximum absolute atomic E-state index is 12.7. The third kappa shape index (κ3) is 2.03. The third-order valence-corrected chi connectivity index (χ3v) is 4.39. The molecule has 0 spiro atoms. The monoisotopic (exact) mass is 305 g/mol. The molecule has 3 rings (SSSR count). The van der Waals surface area contributed by atoms with Crippen molar-refractivity contribution in [3.05, 3.63) is 26.7 Å². The van der Waals surface area contributed by atoms with Gasteiger partial charge in [0.1, 0.15) is 5.82 Å². The van der Waals surface area contributed by atoms with E-state index in [0.717, 1.165) is 18.7 Å². The first-order valence-electron chi connectivity index (χ1n) is 7.81. The number of aromatic nitrogens is 4. The summed E-state index contributed by atoms with van der Waals surface area (Å²) in [4.78, 5) is 29.8. The number of rotatable bonds is 4. The van der Waals surface area contributed by atoms with Gasteiger partial charge < -0.3 is 10.3 Å². The molecule has 7 nitrogen and oxygen atoms in total. The van der Waals surface area contributed by atoms with Crippen molar-refractivity contribution in [1.82, 2.24) is 18.7 Å². The summed E-state index contributed by atoms with van der Waals surface area (Å²) in [5.41, 5.74) is 6.21. The van der Waals surface area contributed by atoms with Gasteiger partial charge in [0.2, 0.25) is 0 Å². The van der Waals surface area contributed by atoms with Crippen LogP contribution >= 0.6 is 0 Å². The largest absolute Gasteiger partial charge is 0.332 e. The van der Waals surface area contributed by atoms with Gasteiger partial charge in [0.25, 0.3) is 5.56 Å². The highest BCUT2D eigenvalue weighted by atomic mass is 16.2. The molecule has 7 heteroatoms. The van der Waals surface area contributed by atoms with Crippen LogP contribution in [0.4, 0.5) is 0 Å². The van der Waals surface area contributed by atoms with E-state index in [1.54, 1.807) is 4.57 Å². The molecule has 1 unspecified atom stereocenters. The normalized spacial score (nSPS) is 16.6. The van der Waals surface area contributed by atoms with E-state index in [0.29, 0.717) is 23.6 Å². The molecule has 0 aliphatic heterocycles. The molecular weight excluding hydrogens is 282 g/mol. The number of nitrogens with zero attached hydrogens (tertiary/aromatic N) is 4. The zero-order valence-electron chi connectivity index (χ0n) is 13.5. The molecule has 0 amide bonds. The molecule has 2 heterocycles. The van der Waals surface area contributed by atoms with E-state index in [1.807, 2.05) is 25.3 Å². The average molecular weight is 305 g/mol. The molecule has 1 saturated carbocycles. The summed E-state index contributed by atoms with van der Waals surface area (Å²) in [6.45, 7) is 6.26. The Balaban J connectivity index is 2.49. The van der Waals surface area contributed by atoms with Crippen molar-refractivity contribution in [1.29, 1.82) is 0 Å². The Hall–Kier alpha value is -1.89. The zero-order chi connectivity index (χ0) is 16.2. The summed E-state index contributed by atoms with van der Waals surface area (Å²) < 4.78 is 4.72. The molecule has 2 aromatic heterocycles. The van der Waals surface area contributed by atoms with Gasteiger partial charge in [-0.25, -0.2) is 9.78 Å². The second-order valence-corrected chi connectivity index (χ2v) is 6.48. The Kier molecular flexibility index (Phi) is 3.47. The summed E-state index contributed by atoms with van der Waals surface area (Å²) in [6, 6.07) is -0.0863. The van der Waals surface area contributed by atoms with Crippen LogP contribution in [0.25, 0.3) is 11.2 Å². The van der Waals surface area contributed by atoms with Crippen LogP contribution < -0.4 is 17.0 Å². The Morgan fingerprint density at radius 2 is 1.86 bits per heavy atom. The van der Waals surface area contributed by atoms with Gasteiger partial charge in [0.15, 0.2) is 11.2 Å². The Labute approximate surface area is 128 Å². The number of fused-ring (bicyclic) bond motifs is 1. The highest BCUT2D eigenvalue weighted by Crippen LogP contribution is 2.41. The third-order valence-electron chi connectivity index (χ3n) is 4.39. The van der Waals surface area contributed by atoms with Gasteiger partial charge >= 0.3 is 5.69 Å². The average Bonchev–Trinajstić information content (AvgIpc) is 3.25. The van der Waals surface area contributed by atoms with Crippen LogP contribution in [0.15, 0.2) is 9.59 Å². The van der Waals surface area contributed by atoms with Gasteiger partial charge in [-0.2, -0.15) is 0 Å². The molecule has 2 N–H and O–H groups in total. The summed E-state index contributed by atoms with van der Waals surface area (Å²) in [5.74, 6) is 1.27. The Morgan fingerprint density at radius 3 is 2.36 bits per heavy atom. The van der Waals surface area contributed by atoms with Crippen LogP contribution in [0, 0.1) is 0 Å². The fraction of sp³-hybridized carbons (Fsp3) is 0.667. The van der Waals surface area contributed by atoms with Crippen molar-refractivity contribution in [2.45, 2.75) is 51.6 Å². The molecule has 0 bridgehead atoms. The molecule has 1 atom stereocenters. The van der Waals surface area contributed by atoms with Crippen molar-refractivity contribution in [3.63, 3.8) is 0 Å². The highest BCUT2D eigenvalue weighted by Gasteiger charge is 2.33. The molecule has 0 aromatic carbocycles. The van der Waals surface area contributed by atoms with Gasteiger partial charge in [0, 0.05) is 31.6 Å². The van der Waals surface area contributed by atoms with Crippen molar-refractivity contribution in [2.75, 3.05) is 6.54 Å². The van der Waals surface area contributed by atoms with E-state index in [1.165, 1.54) is 11.6 Å². The van der Waals surface area contributed by atoms with Crippen LogP contribution in [0.3, 0.4) is 0 Å². The fourth-order valence-corrected chi connectivity index (χ4v) is 2.95. The van der Waals surface area contributed by atoms with E-state index in [2.05, 4.69) is 4.98 Å². The number of imidazole rings is 1. The number of nitrogens with two attached hydrogens (primary N) is 1. The van der Waals surface area contributed by atoms with E-state index < -0.39 is 0 Å². The van der Waals surface area contributed by atoms with Crippen LogP contribution in [-0.2, 0) is 7.05 Å². The van der Waals surface area contributed by atoms with E-state index in [4.69, 9.17) is 5.73 Å². The van der Waals surface area contributed by atoms with Crippen LogP contribution in [0.1, 0.15) is 57.4 Å². The highest BCUT2D eigenvalue weighted by molar-refractivity contribution is 5.72. The van der Waals surface area contributed by atoms with Crippen molar-refractivity contribution < 1.29 is 0 Å². The number of hydrogen-bond acceptors (Lipinski definition) is 4. The van der Waals surface area contributed by atoms with E-state index >= 15 is 0 Å². The quantitative estimate of drug-likeness (QED) is 0.908. The first-order chi connectivity index (χ1) is 10.4. The van der Waals surface area contributed by atoms with Crippen LogP contribution in [0.5, 0.6) is 0 Å². The van der Waals surface area contributed by atoms with Crippen LogP contribution in [0.2, 0.25) is 0 Å². The Bertz CT molecular complexity index is 838. The SMILES string of the molecule is CC(CN)n1c(C2CC2)nc2c1c(=O)n(C)c(=O)n2C(C)C. The molecule has 120 valence electrons. The first-order valence-corrected chi connectivity index (χ1v) is 7.81. The fourth-order valence-electron chi connectivity index (χ4n) is 2.95. The number of hydrogen-bond donors (Lipinski definition) is 1. The van der Waals surface area contributed by atoms with Crippen molar-refractivity contribution in [3.8, 4) is 0 Å². The van der Waals surface area contributed by atoms with Gasteiger partial charge in [-0.1, -0.05) is 0 Å². The lowest BCUT2D eigenvalue weighted by atomic mass is 10.3. The molecule has 1 aliphatic rings. The lowest BCUT2D eigenvalue weighted by molar-refractivity contribution is 0.537. The Morgan fingerprint density at radius 1 is 1.23 bits per heavy atom. The smallest absolute Gasteiger partial charge is 0.328 e. The maximum atomic E-state index is 12.7. The van der Waals surface area contributed by atoms with Crippen molar-refractivity contribution >= 4 is 11.2 Å². The lowest BCUT2D eigenvalue weighted by Crippen LogP contribution is -2.39. The van der Waals surface area contributed by atoms with E-state index in [9.17, 15) is 9.59 Å². The summed E-state index contributed by atoms with van der Waals surface area (Å²) >= 11 is 0. The predicted octanol–water partition coefficient (Wildman–Crippen LogP) is 0.875. The minimum Gasteiger partial charge on any atom is -0.328 e. The van der Waals surface area contributed by atoms with Crippen LogP contribution in [-0.4, -0.2) is 25.2 Å². The van der Waals surface area contributed by atoms with Gasteiger partial charge in [-0.15, -0.1) is 0 Å². The molecular formula is C15H23N5O2. The molecule has 0 radical (unpaired) electrons. The topological polar surface area (TPSA) is 87.8 Å². The summed E-state index contributed by atoms with van der Waals surface area (Å²) in [5, 5.41) is 0. The lowest BCUT2D eigenvalue weighted by Gasteiger charge is -2.16. The molecule has 1 fully saturated rings. The second kappa shape index (κ2) is 5.08. The molecule has 22 heavy (non-hydrogen) atoms. The molecule has 2 aromatic rings. The summed E-state index contributed by atoms with van der Waals surface area (Å²) in [6.07, 6.45) is 2.15. The van der Waals surface area contributed by atoms with Gasteiger partial charge in [0.05, 0.1) is 0 Å².